The minimum atomic E-state index is -0.665. The van der Waals surface area contributed by atoms with Gasteiger partial charge in [-0.25, -0.2) is 9.59 Å². The number of aromatic nitrogens is 1. The number of nitrogens with one attached hydrogen (secondary N) is 1. The van der Waals surface area contributed by atoms with Crippen LogP contribution in [-0.2, 0) is 9.47 Å². The van der Waals surface area contributed by atoms with Crippen molar-refractivity contribution in [2.45, 2.75) is 13.8 Å². The molecule has 0 aromatic carbocycles. The fourth-order valence-electron chi connectivity index (χ4n) is 1.53. The topological polar surface area (TPSA) is 92.2 Å². The highest BCUT2D eigenvalue weighted by atomic mass is 16.5. The number of ether oxygens (including phenoxy) is 2. The molecule has 0 amide bonds. The molecule has 0 radical (unpaired) electrons. The van der Waals surface area contributed by atoms with E-state index in [2.05, 4.69) is 14.5 Å². The predicted octanol–water partition coefficient (Wildman–Crippen LogP) is 1.10. The Bertz CT molecular complexity index is 496. The number of nitriles is 1. The second-order valence-electron chi connectivity index (χ2n) is 3.35. The minimum Gasteiger partial charge on any atom is -0.465 e. The number of methoxy groups -OCH3 is 1. The van der Waals surface area contributed by atoms with Crippen molar-refractivity contribution < 1.29 is 19.1 Å². The smallest absolute Gasteiger partial charge is 0.356 e. The molecule has 0 atom stereocenters. The number of hydrogen-bond acceptors (Lipinski definition) is 5. The number of nitrogens with zero attached hydrogens (tertiary/aromatic N) is 1. The average Bonchev–Trinajstić information content (AvgIpc) is 2.61. The maximum Gasteiger partial charge on any atom is 0.356 e. The Labute approximate surface area is 98.1 Å². The average molecular weight is 236 g/mol. The highest BCUT2D eigenvalue weighted by molar-refractivity contribution is 5.98. The summed E-state index contributed by atoms with van der Waals surface area (Å²) < 4.78 is 9.27. The third kappa shape index (κ3) is 2.45. The Morgan fingerprint density at radius 3 is 2.53 bits per heavy atom. The first-order valence-corrected chi connectivity index (χ1v) is 4.84. The molecule has 0 unspecified atom stereocenters. The molecule has 0 aliphatic rings. The summed E-state index contributed by atoms with van der Waals surface area (Å²) in [5, 5.41) is 8.31. The lowest BCUT2D eigenvalue weighted by molar-refractivity contribution is 0.0548. The number of aryl methyl sites for hydroxylation is 1. The van der Waals surface area contributed by atoms with Gasteiger partial charge in [-0.2, -0.15) is 5.26 Å². The summed E-state index contributed by atoms with van der Waals surface area (Å²) in [6.45, 7) is 2.93. The molecule has 6 nitrogen and oxygen atoms in total. The van der Waals surface area contributed by atoms with Crippen molar-refractivity contribution in [2.24, 2.45) is 0 Å². The fraction of sp³-hybridized carbons (Fsp3) is 0.364. The van der Waals surface area contributed by atoms with E-state index < -0.39 is 11.9 Å². The maximum atomic E-state index is 11.5. The molecule has 0 fully saturated rings. The van der Waals surface area contributed by atoms with E-state index in [1.165, 1.54) is 7.11 Å². The van der Waals surface area contributed by atoms with E-state index in [1.54, 1.807) is 19.9 Å². The van der Waals surface area contributed by atoms with Crippen LogP contribution >= 0.6 is 0 Å². The van der Waals surface area contributed by atoms with E-state index in [4.69, 9.17) is 5.26 Å². The van der Waals surface area contributed by atoms with Crippen LogP contribution in [0.2, 0.25) is 0 Å². The quantitative estimate of drug-likeness (QED) is 0.793. The van der Waals surface area contributed by atoms with Gasteiger partial charge in [-0.3, -0.25) is 0 Å². The molecular weight excluding hydrogens is 224 g/mol. The highest BCUT2D eigenvalue weighted by Crippen LogP contribution is 2.19. The highest BCUT2D eigenvalue weighted by Gasteiger charge is 2.23. The molecule has 17 heavy (non-hydrogen) atoms. The maximum absolute atomic E-state index is 11.5. The Morgan fingerprint density at radius 1 is 1.35 bits per heavy atom. The lowest BCUT2D eigenvalue weighted by Crippen LogP contribution is -2.08. The molecule has 0 aliphatic heterocycles. The largest absolute Gasteiger partial charge is 0.465 e. The van der Waals surface area contributed by atoms with Crippen molar-refractivity contribution in [3.05, 3.63) is 22.5 Å². The summed E-state index contributed by atoms with van der Waals surface area (Å²) in [7, 11) is 1.27. The Hall–Kier alpha value is -2.29. The monoisotopic (exact) mass is 236 g/mol. The summed E-state index contributed by atoms with van der Waals surface area (Å²) >= 11 is 0. The van der Waals surface area contributed by atoms with E-state index >= 15 is 0 Å². The molecule has 6 heteroatoms. The Balaban J connectivity index is 3.09. The third-order valence-corrected chi connectivity index (χ3v) is 2.30. The summed E-state index contributed by atoms with van der Waals surface area (Å²) in [5.74, 6) is -1.18. The van der Waals surface area contributed by atoms with E-state index in [1.807, 2.05) is 0 Å². The normalized spacial score (nSPS) is 9.53. The van der Waals surface area contributed by atoms with Crippen LogP contribution in [0.25, 0.3) is 0 Å². The van der Waals surface area contributed by atoms with Crippen molar-refractivity contribution in [3.8, 4) is 6.07 Å². The van der Waals surface area contributed by atoms with Crippen LogP contribution < -0.4 is 0 Å². The molecule has 1 N–H and O–H groups in total. The minimum absolute atomic E-state index is 0.165. The Kier molecular flexibility index (Phi) is 3.88. The van der Waals surface area contributed by atoms with Crippen molar-refractivity contribution in [1.29, 1.82) is 5.26 Å². The van der Waals surface area contributed by atoms with Crippen molar-refractivity contribution in [2.75, 3.05) is 13.7 Å². The van der Waals surface area contributed by atoms with Gasteiger partial charge >= 0.3 is 11.9 Å². The molecular formula is C11H12N2O4. The number of carbonyl (C=O) groups excluding carboxylic acids is 2. The van der Waals surface area contributed by atoms with Crippen LogP contribution in [0, 0.1) is 25.2 Å². The van der Waals surface area contributed by atoms with Gasteiger partial charge in [0, 0.05) is 5.69 Å². The first-order chi connectivity index (χ1) is 8.02. The molecule has 1 heterocycles. The number of aromatic amines is 1. The molecule has 0 bridgehead atoms. The lowest BCUT2D eigenvalue weighted by Gasteiger charge is -2.00. The molecule has 1 aromatic heterocycles. The molecule has 0 saturated carbocycles. The van der Waals surface area contributed by atoms with Crippen molar-refractivity contribution in [1.82, 2.24) is 4.98 Å². The lowest BCUT2D eigenvalue weighted by atomic mass is 10.1. The molecule has 0 spiro atoms. The number of H-pyrrole nitrogens is 1. The first kappa shape index (κ1) is 12.8. The van der Waals surface area contributed by atoms with E-state index in [9.17, 15) is 9.59 Å². The van der Waals surface area contributed by atoms with Gasteiger partial charge in [-0.15, -0.1) is 0 Å². The second-order valence-corrected chi connectivity index (χ2v) is 3.35. The van der Waals surface area contributed by atoms with Crippen LogP contribution in [-0.4, -0.2) is 30.6 Å². The number of hydrogen-bond donors (Lipinski definition) is 1. The van der Waals surface area contributed by atoms with Gasteiger partial charge in [0.1, 0.15) is 11.8 Å². The second kappa shape index (κ2) is 5.16. The van der Waals surface area contributed by atoms with E-state index in [-0.39, 0.29) is 12.3 Å². The van der Waals surface area contributed by atoms with Gasteiger partial charge in [0.25, 0.3) is 0 Å². The van der Waals surface area contributed by atoms with Crippen molar-refractivity contribution in [3.63, 3.8) is 0 Å². The number of carbonyl (C=O) groups is 2. The third-order valence-electron chi connectivity index (χ3n) is 2.30. The van der Waals surface area contributed by atoms with Crippen molar-refractivity contribution >= 4 is 11.9 Å². The van der Waals surface area contributed by atoms with Gasteiger partial charge in [-0.05, 0) is 19.4 Å². The van der Waals surface area contributed by atoms with E-state index in [0.717, 1.165) is 0 Å². The van der Waals surface area contributed by atoms with Gasteiger partial charge in [-0.1, -0.05) is 0 Å². The molecule has 1 aromatic rings. The zero-order valence-electron chi connectivity index (χ0n) is 9.79. The number of rotatable bonds is 3. The molecule has 90 valence electrons. The zero-order chi connectivity index (χ0) is 13.0. The summed E-state index contributed by atoms with van der Waals surface area (Å²) in [4.78, 5) is 25.8. The van der Waals surface area contributed by atoms with Crippen LogP contribution in [0.4, 0.5) is 0 Å². The standard InChI is InChI=1S/C11H12N2O4/c1-6-8(10(14)16-3)7(2)13-9(6)11(15)17-5-4-12/h13H,5H2,1-3H3. The van der Waals surface area contributed by atoms with E-state index in [0.29, 0.717) is 16.8 Å². The SMILES string of the molecule is COC(=O)c1c(C)[nH]c(C(=O)OCC#N)c1C. The first-order valence-electron chi connectivity index (χ1n) is 4.84. The van der Waals surface area contributed by atoms with Crippen LogP contribution in [0.5, 0.6) is 0 Å². The Morgan fingerprint density at radius 2 is 2.00 bits per heavy atom. The van der Waals surface area contributed by atoms with Gasteiger partial charge < -0.3 is 14.5 Å². The fourth-order valence-corrected chi connectivity index (χ4v) is 1.53. The number of esters is 2. The predicted molar refractivity (Wildman–Crippen MR) is 57.5 cm³/mol. The van der Waals surface area contributed by atoms with Crippen LogP contribution in [0.1, 0.15) is 32.1 Å². The van der Waals surface area contributed by atoms with Crippen LogP contribution in [0.3, 0.4) is 0 Å². The molecule has 0 aliphatic carbocycles. The zero-order valence-corrected chi connectivity index (χ0v) is 9.79. The van der Waals surface area contributed by atoms with Gasteiger partial charge in [0.05, 0.1) is 12.7 Å². The summed E-state index contributed by atoms with van der Waals surface area (Å²) in [6, 6.07) is 1.69. The van der Waals surface area contributed by atoms with Gasteiger partial charge in [0.15, 0.2) is 6.61 Å². The van der Waals surface area contributed by atoms with Crippen LogP contribution in [0.15, 0.2) is 0 Å². The summed E-state index contributed by atoms with van der Waals surface area (Å²) in [6.07, 6.45) is 0. The summed E-state index contributed by atoms with van der Waals surface area (Å²) in [5.41, 5.74) is 1.46. The molecule has 0 saturated heterocycles. The molecule has 1 rings (SSSR count). The van der Waals surface area contributed by atoms with Gasteiger partial charge in [0.2, 0.25) is 0 Å².